The minimum atomic E-state index is -3.71. The van der Waals surface area contributed by atoms with Crippen molar-refractivity contribution in [2.24, 2.45) is 0 Å². The molecule has 1 aromatic rings. The van der Waals surface area contributed by atoms with Gasteiger partial charge < -0.3 is 4.90 Å². The topological polar surface area (TPSA) is 83.6 Å². The predicted octanol–water partition coefficient (Wildman–Crippen LogP) is 1.66. The Labute approximate surface area is 151 Å². The first kappa shape index (κ1) is 21.4. The number of hydrogen-bond acceptors (Lipinski definition) is 5. The Morgan fingerprint density at radius 1 is 1.12 bits per heavy atom. The smallest absolute Gasteiger partial charge is 0.240 e. The molecule has 1 aliphatic heterocycles. The maximum absolute atomic E-state index is 12.5. The number of hydrogen-bond donors (Lipinski definition) is 1. The van der Waals surface area contributed by atoms with Crippen molar-refractivity contribution in [2.75, 3.05) is 25.9 Å². The second-order valence-corrected chi connectivity index (χ2v) is 9.71. The van der Waals surface area contributed by atoms with Gasteiger partial charge in [-0.1, -0.05) is 13.0 Å². The van der Waals surface area contributed by atoms with Crippen LogP contribution < -0.4 is 4.72 Å². The van der Waals surface area contributed by atoms with Crippen molar-refractivity contribution in [3.8, 4) is 0 Å². The van der Waals surface area contributed by atoms with Crippen molar-refractivity contribution >= 4 is 32.3 Å². The maximum Gasteiger partial charge on any atom is 0.240 e. The van der Waals surface area contributed by atoms with E-state index in [1.807, 2.05) is 0 Å². The lowest BCUT2D eigenvalue weighted by molar-refractivity contribution is 0.208. The first-order chi connectivity index (χ1) is 10.7. The van der Waals surface area contributed by atoms with Crippen molar-refractivity contribution in [2.45, 2.75) is 42.0 Å². The largest absolute Gasteiger partial charge is 0.303 e. The zero-order valence-corrected chi connectivity index (χ0v) is 16.4. The van der Waals surface area contributed by atoms with Gasteiger partial charge in [-0.25, -0.2) is 21.6 Å². The predicted molar refractivity (Wildman–Crippen MR) is 96.9 cm³/mol. The van der Waals surface area contributed by atoms with E-state index in [0.29, 0.717) is 0 Å². The number of benzene rings is 1. The Bertz CT molecular complexity index is 742. The van der Waals surface area contributed by atoms with Crippen LogP contribution in [-0.4, -0.2) is 53.7 Å². The van der Waals surface area contributed by atoms with Crippen molar-refractivity contribution in [1.82, 2.24) is 9.62 Å². The van der Waals surface area contributed by atoms with Gasteiger partial charge in [-0.2, -0.15) is 0 Å². The molecule has 0 aliphatic carbocycles. The fraction of sp³-hybridized carbons (Fsp3) is 0.600. The monoisotopic (exact) mass is 396 g/mol. The van der Waals surface area contributed by atoms with Crippen LogP contribution in [0.3, 0.4) is 0 Å². The summed E-state index contributed by atoms with van der Waals surface area (Å²) in [6.45, 7) is 4.92. The van der Waals surface area contributed by atoms with E-state index >= 15 is 0 Å². The van der Waals surface area contributed by atoms with Crippen molar-refractivity contribution in [3.63, 3.8) is 0 Å². The fourth-order valence-electron chi connectivity index (χ4n) is 2.75. The third-order valence-corrected chi connectivity index (χ3v) is 6.62. The summed E-state index contributed by atoms with van der Waals surface area (Å²) in [5.74, 6) is 0. The lowest BCUT2D eigenvalue weighted by Crippen LogP contribution is -2.44. The molecule has 0 unspecified atom stereocenters. The summed E-state index contributed by atoms with van der Waals surface area (Å²) >= 11 is 0. The van der Waals surface area contributed by atoms with Crippen molar-refractivity contribution in [3.05, 3.63) is 24.3 Å². The quantitative estimate of drug-likeness (QED) is 0.790. The van der Waals surface area contributed by atoms with Gasteiger partial charge >= 0.3 is 0 Å². The van der Waals surface area contributed by atoms with Crippen LogP contribution in [0.25, 0.3) is 0 Å². The number of halogens is 1. The van der Waals surface area contributed by atoms with Crippen LogP contribution in [-0.2, 0) is 19.9 Å². The maximum atomic E-state index is 12.5. The zero-order chi connectivity index (χ0) is 17.1. The normalized spacial score (nSPS) is 17.4. The van der Waals surface area contributed by atoms with Gasteiger partial charge in [0.05, 0.1) is 9.79 Å². The van der Waals surface area contributed by atoms with E-state index in [4.69, 9.17) is 0 Å². The summed E-state index contributed by atoms with van der Waals surface area (Å²) in [5.41, 5.74) is 0. The highest BCUT2D eigenvalue weighted by Crippen LogP contribution is 2.18. The second-order valence-electron chi connectivity index (χ2n) is 5.98. The highest BCUT2D eigenvalue weighted by atomic mass is 35.5. The molecule has 0 atom stereocenters. The van der Waals surface area contributed by atoms with Crippen molar-refractivity contribution in [1.29, 1.82) is 0 Å². The molecule has 1 N–H and O–H groups in total. The third-order valence-electron chi connectivity index (χ3n) is 3.99. The molecule has 24 heavy (non-hydrogen) atoms. The van der Waals surface area contributed by atoms with Crippen molar-refractivity contribution < 1.29 is 16.8 Å². The van der Waals surface area contributed by atoms with Crippen LogP contribution in [0, 0.1) is 0 Å². The molecule has 1 aliphatic rings. The molecule has 0 bridgehead atoms. The van der Waals surface area contributed by atoms with Gasteiger partial charge in [0, 0.05) is 12.3 Å². The molecule has 2 rings (SSSR count). The minimum absolute atomic E-state index is 0. The molecule has 0 saturated carbocycles. The molecule has 0 amide bonds. The molecule has 1 aromatic carbocycles. The number of sulfone groups is 1. The number of nitrogens with zero attached hydrogens (tertiary/aromatic N) is 1. The van der Waals surface area contributed by atoms with Crippen LogP contribution in [0.4, 0.5) is 0 Å². The summed E-state index contributed by atoms with van der Waals surface area (Å²) in [6, 6.07) is 5.38. The Balaban J connectivity index is 0.00000288. The molecule has 0 radical (unpaired) electrons. The van der Waals surface area contributed by atoms with Crippen LogP contribution in [0.2, 0.25) is 0 Å². The van der Waals surface area contributed by atoms with Crippen LogP contribution in [0.5, 0.6) is 0 Å². The van der Waals surface area contributed by atoms with E-state index in [-0.39, 0.29) is 28.2 Å². The van der Waals surface area contributed by atoms with E-state index in [2.05, 4.69) is 16.5 Å². The number of sulfonamides is 1. The summed E-state index contributed by atoms with van der Waals surface area (Å²) < 4.78 is 50.8. The average molecular weight is 397 g/mol. The molecular formula is C15H25ClN2O4S2. The molecule has 0 spiro atoms. The number of rotatable bonds is 6. The molecule has 138 valence electrons. The van der Waals surface area contributed by atoms with E-state index in [0.717, 1.165) is 45.2 Å². The lowest BCUT2D eigenvalue weighted by Gasteiger charge is -2.31. The Hall–Kier alpha value is -0.670. The molecule has 1 heterocycles. The second kappa shape index (κ2) is 8.62. The molecule has 1 fully saturated rings. The van der Waals surface area contributed by atoms with Gasteiger partial charge in [0.15, 0.2) is 9.84 Å². The first-order valence-electron chi connectivity index (χ1n) is 7.77. The molecule has 6 nitrogen and oxygen atoms in total. The number of piperidine rings is 1. The molecule has 9 heteroatoms. The highest BCUT2D eigenvalue weighted by molar-refractivity contribution is 7.91. The fourth-order valence-corrected chi connectivity index (χ4v) is 4.84. The average Bonchev–Trinajstić information content (AvgIpc) is 2.49. The van der Waals surface area contributed by atoms with E-state index in [1.54, 1.807) is 0 Å². The SMILES string of the molecule is CCCN1CCC(NS(=O)(=O)c2cccc(S(C)(=O)=O)c2)CC1.Cl. The molecule has 1 saturated heterocycles. The minimum Gasteiger partial charge on any atom is -0.303 e. The molecular weight excluding hydrogens is 372 g/mol. The Morgan fingerprint density at radius 3 is 2.25 bits per heavy atom. The Kier molecular flexibility index (Phi) is 7.68. The third kappa shape index (κ3) is 5.70. The van der Waals surface area contributed by atoms with Gasteiger partial charge in [0.1, 0.15) is 0 Å². The van der Waals surface area contributed by atoms with Gasteiger partial charge in [-0.3, -0.25) is 0 Å². The first-order valence-corrected chi connectivity index (χ1v) is 11.1. The number of nitrogens with one attached hydrogen (secondary N) is 1. The van der Waals surface area contributed by atoms with Gasteiger partial charge in [-0.05, 0) is 57.1 Å². The number of likely N-dealkylation sites (tertiary alicyclic amines) is 1. The van der Waals surface area contributed by atoms with Crippen LogP contribution in [0.1, 0.15) is 26.2 Å². The van der Waals surface area contributed by atoms with Gasteiger partial charge in [0.2, 0.25) is 10.0 Å². The van der Waals surface area contributed by atoms with Gasteiger partial charge in [0.25, 0.3) is 0 Å². The summed E-state index contributed by atoms with van der Waals surface area (Å²) in [6.07, 6.45) is 3.69. The summed E-state index contributed by atoms with van der Waals surface area (Å²) in [5, 5.41) is 0. The summed E-state index contributed by atoms with van der Waals surface area (Å²) in [7, 11) is -7.14. The lowest BCUT2D eigenvalue weighted by atomic mass is 10.1. The standard InChI is InChI=1S/C15H24N2O4S2.ClH/c1-3-9-17-10-7-13(8-11-17)16-23(20,21)15-6-4-5-14(12-15)22(2,18)19;/h4-6,12-13,16H,3,7-11H2,1-2H3;1H. The summed E-state index contributed by atoms with van der Waals surface area (Å²) in [4.78, 5) is 2.34. The zero-order valence-electron chi connectivity index (χ0n) is 13.9. The highest BCUT2D eigenvalue weighted by Gasteiger charge is 2.25. The van der Waals surface area contributed by atoms with E-state index < -0.39 is 19.9 Å². The van der Waals surface area contributed by atoms with Gasteiger partial charge in [-0.15, -0.1) is 12.4 Å². The molecule has 0 aromatic heterocycles. The van der Waals surface area contributed by atoms with E-state index in [9.17, 15) is 16.8 Å². The van der Waals surface area contributed by atoms with E-state index in [1.165, 1.54) is 24.3 Å². The van der Waals surface area contributed by atoms with Crippen LogP contribution >= 0.6 is 12.4 Å². The Morgan fingerprint density at radius 2 is 1.71 bits per heavy atom. The van der Waals surface area contributed by atoms with Crippen LogP contribution in [0.15, 0.2) is 34.1 Å².